The van der Waals surface area contributed by atoms with Gasteiger partial charge < -0.3 is 21.9 Å². The molecule has 1 aromatic carbocycles. The summed E-state index contributed by atoms with van der Waals surface area (Å²) in [7, 11) is 2.07. The zero-order chi connectivity index (χ0) is 17.6. The third kappa shape index (κ3) is 4.98. The molecule has 3 rings (SSSR count). The number of nitrogens with zero attached hydrogens (tertiary/aromatic N) is 6. The van der Waals surface area contributed by atoms with E-state index in [1.807, 2.05) is 17.5 Å². The maximum Gasteiger partial charge on any atom is 0.253 e. The summed E-state index contributed by atoms with van der Waals surface area (Å²) < 4.78 is 4.41. The minimum atomic E-state index is 0. The molecule has 8 heteroatoms. The van der Waals surface area contributed by atoms with E-state index in [-0.39, 0.29) is 17.0 Å². The topological polar surface area (TPSA) is 49.7 Å². The Balaban J connectivity index is 0.00000243. The van der Waals surface area contributed by atoms with Crippen molar-refractivity contribution in [2.24, 2.45) is 17.3 Å². The second kappa shape index (κ2) is 9.59. The van der Waals surface area contributed by atoms with Gasteiger partial charge >= 0.3 is 0 Å². The van der Waals surface area contributed by atoms with Gasteiger partial charge in [0.25, 0.3) is 5.82 Å². The van der Waals surface area contributed by atoms with Gasteiger partial charge in [0, 0.05) is 30.7 Å². The van der Waals surface area contributed by atoms with Gasteiger partial charge in [-0.1, -0.05) is 0 Å². The number of thiazole rings is 1. The van der Waals surface area contributed by atoms with Gasteiger partial charge in [0.2, 0.25) is 5.13 Å². The molecule has 0 radical (unpaired) electrons. The largest absolute Gasteiger partial charge is 1.00 e. The predicted molar refractivity (Wildman–Crippen MR) is 101 cm³/mol. The molecule has 0 unspecified atom stereocenters. The van der Waals surface area contributed by atoms with Gasteiger partial charge in [0.15, 0.2) is 0 Å². The van der Waals surface area contributed by atoms with Crippen molar-refractivity contribution in [3.8, 4) is 0 Å². The number of likely N-dealkylation sites (N-methyl/N-ethyl adjacent to an activating group) is 1. The lowest BCUT2D eigenvalue weighted by Gasteiger charge is -2.22. The summed E-state index contributed by atoms with van der Waals surface area (Å²) in [5.74, 6) is 1.26. The highest BCUT2D eigenvalue weighted by molar-refractivity contribution is 7.13. The fraction of sp³-hybridized carbons (Fsp3) is 0.333. The second-order valence-electron chi connectivity index (χ2n) is 5.76. The Kier molecular flexibility index (Phi) is 7.47. The number of halogens is 1. The van der Waals surface area contributed by atoms with Gasteiger partial charge in [0.1, 0.15) is 18.9 Å². The van der Waals surface area contributed by atoms with Gasteiger partial charge in [-0.25, -0.2) is 14.1 Å². The molecular weight excluding hydrogens is 412 g/mol. The number of azo groups is 1. The molecule has 0 bridgehead atoms. The van der Waals surface area contributed by atoms with Crippen molar-refractivity contribution in [2.75, 3.05) is 18.0 Å². The summed E-state index contributed by atoms with van der Waals surface area (Å²) in [6.45, 7) is 7.21. The highest BCUT2D eigenvalue weighted by Gasteiger charge is 2.11. The van der Waals surface area contributed by atoms with Crippen LogP contribution in [0.1, 0.15) is 12.7 Å². The molecule has 0 amide bonds. The summed E-state index contributed by atoms with van der Waals surface area (Å²) in [5.41, 5.74) is 2.04. The molecule has 0 spiro atoms. The third-order valence-electron chi connectivity index (χ3n) is 4.27. The van der Waals surface area contributed by atoms with Crippen LogP contribution in [-0.4, -0.2) is 22.6 Å². The molecule has 0 fully saturated rings. The van der Waals surface area contributed by atoms with Crippen LogP contribution >= 0.6 is 11.3 Å². The molecule has 138 valence electrons. The molecule has 3 aromatic rings. The Labute approximate surface area is 168 Å². The summed E-state index contributed by atoms with van der Waals surface area (Å²) in [6.07, 6.45) is 5.95. The van der Waals surface area contributed by atoms with Crippen LogP contribution in [0.4, 0.5) is 16.5 Å². The molecule has 0 aliphatic rings. The van der Waals surface area contributed by atoms with Crippen LogP contribution in [0.15, 0.2) is 58.5 Å². The van der Waals surface area contributed by atoms with Crippen molar-refractivity contribution >= 4 is 27.8 Å². The first-order valence-corrected chi connectivity index (χ1v) is 9.23. The van der Waals surface area contributed by atoms with Crippen LogP contribution in [0.5, 0.6) is 0 Å². The SMILES string of the molecule is CCN(CCn1cc[n+](C)c1C)c1ccc(/N=N/c2nccs2)cc1.[Br-]. The number of hydrogen-bond acceptors (Lipinski definition) is 5. The number of rotatable bonds is 7. The van der Waals surface area contributed by atoms with E-state index < -0.39 is 0 Å². The summed E-state index contributed by atoms with van der Waals surface area (Å²) in [5, 5.41) is 10.9. The molecule has 26 heavy (non-hydrogen) atoms. The highest BCUT2D eigenvalue weighted by Crippen LogP contribution is 2.23. The summed E-state index contributed by atoms with van der Waals surface area (Å²) in [6, 6.07) is 8.19. The Bertz CT molecular complexity index is 826. The Morgan fingerprint density at radius 2 is 2.00 bits per heavy atom. The van der Waals surface area contributed by atoms with Crippen molar-refractivity contribution in [1.82, 2.24) is 9.55 Å². The van der Waals surface area contributed by atoms with Crippen LogP contribution in [0.3, 0.4) is 0 Å². The number of benzene rings is 1. The van der Waals surface area contributed by atoms with Crippen LogP contribution in [0.25, 0.3) is 0 Å². The van der Waals surface area contributed by atoms with E-state index in [2.05, 4.69) is 74.7 Å². The molecule has 2 heterocycles. The van der Waals surface area contributed by atoms with Crippen molar-refractivity contribution in [3.63, 3.8) is 0 Å². The van der Waals surface area contributed by atoms with Crippen LogP contribution in [-0.2, 0) is 13.6 Å². The zero-order valence-corrected chi connectivity index (χ0v) is 17.6. The standard InChI is InChI=1S/C18H23N6S.BrH/c1-4-23(12-13-24-11-10-22(3)15(24)2)17-7-5-16(6-8-17)20-21-18-19-9-14-25-18;/h5-11,14H,4,12-13H2,1-3H3;1H/q+1;/p-1/b21-20+;. The minimum Gasteiger partial charge on any atom is -1.00 e. The quantitative estimate of drug-likeness (QED) is 0.411. The van der Waals surface area contributed by atoms with Crippen molar-refractivity contribution in [3.05, 3.63) is 54.1 Å². The molecule has 0 aliphatic heterocycles. The lowest BCUT2D eigenvalue weighted by atomic mass is 10.2. The van der Waals surface area contributed by atoms with Gasteiger partial charge in [-0.05, 0) is 31.2 Å². The molecule has 0 saturated heterocycles. The van der Waals surface area contributed by atoms with Gasteiger partial charge in [-0.3, -0.25) is 0 Å². The lowest BCUT2D eigenvalue weighted by Crippen LogP contribution is -3.00. The van der Waals surface area contributed by atoms with Gasteiger partial charge in [0.05, 0.1) is 19.3 Å². The Hall–Kier alpha value is -2.06. The molecule has 0 saturated carbocycles. The number of aryl methyl sites for hydroxylation is 1. The van der Waals surface area contributed by atoms with E-state index in [1.54, 1.807) is 6.20 Å². The average Bonchev–Trinajstić information content (AvgIpc) is 3.26. The van der Waals surface area contributed by atoms with Crippen LogP contribution in [0, 0.1) is 6.92 Å². The first-order valence-electron chi connectivity index (χ1n) is 8.35. The smallest absolute Gasteiger partial charge is 0.253 e. The maximum absolute atomic E-state index is 4.23. The van der Waals surface area contributed by atoms with Crippen molar-refractivity contribution in [2.45, 2.75) is 20.4 Å². The van der Waals surface area contributed by atoms with Gasteiger partial charge in [-0.15, -0.1) is 21.6 Å². The van der Waals surface area contributed by atoms with Crippen molar-refractivity contribution in [1.29, 1.82) is 0 Å². The van der Waals surface area contributed by atoms with Crippen molar-refractivity contribution < 1.29 is 21.5 Å². The normalized spacial score (nSPS) is 10.9. The first-order chi connectivity index (χ1) is 12.2. The molecule has 6 nitrogen and oxygen atoms in total. The summed E-state index contributed by atoms with van der Waals surface area (Å²) in [4.78, 5) is 6.46. The number of hydrogen-bond donors (Lipinski definition) is 0. The van der Waals surface area contributed by atoms with E-state index in [0.717, 1.165) is 25.3 Å². The fourth-order valence-corrected chi connectivity index (χ4v) is 3.08. The molecule has 0 N–H and O–H groups in total. The maximum atomic E-state index is 4.23. The zero-order valence-electron chi connectivity index (χ0n) is 15.2. The van der Waals surface area contributed by atoms with E-state index in [4.69, 9.17) is 0 Å². The monoisotopic (exact) mass is 434 g/mol. The third-order valence-corrected chi connectivity index (χ3v) is 4.93. The summed E-state index contributed by atoms with van der Waals surface area (Å²) >= 11 is 1.48. The number of aromatic nitrogens is 3. The van der Waals surface area contributed by atoms with E-state index in [0.29, 0.717) is 5.13 Å². The Morgan fingerprint density at radius 3 is 2.58 bits per heavy atom. The highest BCUT2D eigenvalue weighted by atomic mass is 79.9. The molecular formula is C18H23BrN6S. The molecule has 0 aliphatic carbocycles. The fourth-order valence-electron chi connectivity index (χ4n) is 2.63. The molecule has 0 atom stereocenters. The minimum absolute atomic E-state index is 0. The van der Waals surface area contributed by atoms with E-state index >= 15 is 0 Å². The average molecular weight is 435 g/mol. The van der Waals surface area contributed by atoms with Crippen LogP contribution in [0.2, 0.25) is 0 Å². The predicted octanol–water partition coefficient (Wildman–Crippen LogP) is 1.02. The second-order valence-corrected chi connectivity index (χ2v) is 6.63. The Morgan fingerprint density at radius 1 is 1.23 bits per heavy atom. The number of anilines is 1. The lowest BCUT2D eigenvalue weighted by molar-refractivity contribution is -0.677. The first kappa shape index (κ1) is 20.3. The van der Waals surface area contributed by atoms with E-state index in [1.165, 1.54) is 22.8 Å². The van der Waals surface area contributed by atoms with E-state index in [9.17, 15) is 0 Å². The number of imidazole rings is 1. The molecule has 2 aromatic heterocycles. The van der Waals surface area contributed by atoms with Crippen LogP contribution < -0.4 is 26.4 Å². The van der Waals surface area contributed by atoms with Gasteiger partial charge in [-0.2, -0.15) is 0 Å².